The molecule has 4 nitrogen and oxygen atoms in total. The van der Waals surface area contributed by atoms with Gasteiger partial charge in [0.25, 0.3) is 5.92 Å². The molecule has 6 heteroatoms. The highest BCUT2D eigenvalue weighted by atomic mass is 19.3. The van der Waals surface area contributed by atoms with Crippen molar-refractivity contribution in [2.75, 3.05) is 13.2 Å². The lowest BCUT2D eigenvalue weighted by molar-refractivity contribution is -0.0478. The standard InChI is InChI=1S/C10H15F2N3O/c11-10(12,6-16)5-13-3-9-4-14-7-15(9)8-1-2-8/h4,7-8,13,16H,1-3,5-6H2. The summed E-state index contributed by atoms with van der Waals surface area (Å²) in [6.07, 6.45) is 5.69. The van der Waals surface area contributed by atoms with Crippen LogP contribution in [-0.2, 0) is 6.54 Å². The Kier molecular flexibility index (Phi) is 3.20. The lowest BCUT2D eigenvalue weighted by Gasteiger charge is -2.14. The number of aliphatic hydroxyl groups excluding tert-OH is 1. The fourth-order valence-electron chi connectivity index (χ4n) is 1.58. The van der Waals surface area contributed by atoms with Crippen molar-refractivity contribution in [2.45, 2.75) is 31.4 Å². The van der Waals surface area contributed by atoms with Gasteiger partial charge in [-0.15, -0.1) is 0 Å². The third-order valence-electron chi connectivity index (χ3n) is 2.61. The summed E-state index contributed by atoms with van der Waals surface area (Å²) in [4.78, 5) is 4.00. The third-order valence-corrected chi connectivity index (χ3v) is 2.61. The van der Waals surface area contributed by atoms with Gasteiger partial charge in [-0.1, -0.05) is 0 Å². The Bertz CT molecular complexity index is 350. The quantitative estimate of drug-likeness (QED) is 0.766. The van der Waals surface area contributed by atoms with Crippen LogP contribution in [0.5, 0.6) is 0 Å². The second kappa shape index (κ2) is 4.47. The summed E-state index contributed by atoms with van der Waals surface area (Å²) in [5.74, 6) is -3.05. The number of aliphatic hydroxyl groups is 1. The number of aromatic nitrogens is 2. The molecular weight excluding hydrogens is 216 g/mol. The van der Waals surface area contributed by atoms with Crippen LogP contribution in [0.4, 0.5) is 8.78 Å². The molecule has 0 aliphatic heterocycles. The van der Waals surface area contributed by atoms with E-state index in [0.717, 1.165) is 18.5 Å². The first-order valence-corrected chi connectivity index (χ1v) is 5.32. The molecule has 1 fully saturated rings. The Balaban J connectivity index is 1.83. The van der Waals surface area contributed by atoms with Crippen molar-refractivity contribution in [3.63, 3.8) is 0 Å². The van der Waals surface area contributed by atoms with E-state index in [4.69, 9.17) is 5.11 Å². The van der Waals surface area contributed by atoms with Crippen LogP contribution >= 0.6 is 0 Å². The maximum atomic E-state index is 12.7. The van der Waals surface area contributed by atoms with Gasteiger partial charge in [-0.25, -0.2) is 13.8 Å². The molecule has 1 aromatic heterocycles. The first kappa shape index (κ1) is 11.5. The summed E-state index contributed by atoms with van der Waals surface area (Å²) in [7, 11) is 0. The van der Waals surface area contributed by atoms with Crippen LogP contribution in [0.1, 0.15) is 24.6 Å². The van der Waals surface area contributed by atoms with Gasteiger partial charge in [0.2, 0.25) is 0 Å². The number of halogens is 2. The molecule has 0 amide bonds. The van der Waals surface area contributed by atoms with Crippen molar-refractivity contribution >= 4 is 0 Å². The molecule has 90 valence electrons. The Labute approximate surface area is 92.3 Å². The van der Waals surface area contributed by atoms with Crippen LogP contribution in [0.15, 0.2) is 12.5 Å². The van der Waals surface area contributed by atoms with Gasteiger partial charge in [-0.3, -0.25) is 0 Å². The molecule has 0 bridgehead atoms. The van der Waals surface area contributed by atoms with Crippen LogP contribution in [0.2, 0.25) is 0 Å². The minimum Gasteiger partial charge on any atom is -0.390 e. The number of nitrogens with one attached hydrogen (secondary N) is 1. The van der Waals surface area contributed by atoms with Crippen molar-refractivity contribution in [3.8, 4) is 0 Å². The first-order valence-electron chi connectivity index (χ1n) is 5.32. The van der Waals surface area contributed by atoms with Gasteiger partial charge in [-0.05, 0) is 12.8 Å². The van der Waals surface area contributed by atoms with Gasteiger partial charge in [0.15, 0.2) is 0 Å². The van der Waals surface area contributed by atoms with Crippen molar-refractivity contribution in [1.82, 2.24) is 14.9 Å². The van der Waals surface area contributed by atoms with Crippen LogP contribution < -0.4 is 5.32 Å². The minimum atomic E-state index is -3.05. The lowest BCUT2D eigenvalue weighted by Crippen LogP contribution is -2.35. The van der Waals surface area contributed by atoms with E-state index in [2.05, 4.69) is 10.3 Å². The van der Waals surface area contributed by atoms with Crippen molar-refractivity contribution < 1.29 is 13.9 Å². The molecule has 0 spiro atoms. The molecule has 1 heterocycles. The number of rotatable bonds is 6. The molecule has 16 heavy (non-hydrogen) atoms. The zero-order valence-corrected chi connectivity index (χ0v) is 8.87. The zero-order chi connectivity index (χ0) is 11.6. The predicted molar refractivity (Wildman–Crippen MR) is 54.2 cm³/mol. The fourth-order valence-corrected chi connectivity index (χ4v) is 1.58. The molecule has 0 aromatic carbocycles. The average Bonchev–Trinajstić information content (AvgIpc) is 2.99. The summed E-state index contributed by atoms with van der Waals surface area (Å²) in [5.41, 5.74) is 0.913. The lowest BCUT2D eigenvalue weighted by atomic mass is 10.3. The number of nitrogens with zero attached hydrogens (tertiary/aromatic N) is 2. The minimum absolute atomic E-state index is 0.353. The van der Waals surface area contributed by atoms with Gasteiger partial charge in [-0.2, -0.15) is 0 Å². The molecule has 1 aromatic rings. The van der Waals surface area contributed by atoms with E-state index in [1.54, 1.807) is 12.5 Å². The van der Waals surface area contributed by atoms with Gasteiger partial charge in [0.1, 0.15) is 6.61 Å². The summed E-state index contributed by atoms with van der Waals surface area (Å²) in [5, 5.41) is 11.0. The molecular formula is C10H15F2N3O. The number of hydrogen-bond donors (Lipinski definition) is 2. The second-order valence-corrected chi connectivity index (χ2v) is 4.14. The highest BCUT2D eigenvalue weighted by molar-refractivity contribution is 5.03. The van der Waals surface area contributed by atoms with Gasteiger partial charge in [0.05, 0.1) is 18.6 Å². The van der Waals surface area contributed by atoms with E-state index in [9.17, 15) is 8.78 Å². The molecule has 0 saturated heterocycles. The Morgan fingerprint density at radius 2 is 2.31 bits per heavy atom. The zero-order valence-electron chi connectivity index (χ0n) is 8.87. The van der Waals surface area contributed by atoms with E-state index in [0.29, 0.717) is 12.6 Å². The molecule has 0 unspecified atom stereocenters. The third kappa shape index (κ3) is 2.76. The smallest absolute Gasteiger partial charge is 0.282 e. The van der Waals surface area contributed by atoms with E-state index in [1.165, 1.54) is 0 Å². The fraction of sp³-hybridized carbons (Fsp3) is 0.700. The van der Waals surface area contributed by atoms with E-state index in [-0.39, 0.29) is 0 Å². The summed E-state index contributed by atoms with van der Waals surface area (Å²) in [6, 6.07) is 0.498. The van der Waals surface area contributed by atoms with E-state index < -0.39 is 19.1 Å². The summed E-state index contributed by atoms with van der Waals surface area (Å²) >= 11 is 0. The molecule has 2 N–H and O–H groups in total. The van der Waals surface area contributed by atoms with Crippen LogP contribution in [-0.4, -0.2) is 33.7 Å². The number of imidazole rings is 1. The Morgan fingerprint density at radius 1 is 1.56 bits per heavy atom. The molecule has 1 aliphatic carbocycles. The molecule has 1 aliphatic rings. The monoisotopic (exact) mass is 231 g/mol. The topological polar surface area (TPSA) is 50.1 Å². The van der Waals surface area contributed by atoms with Gasteiger partial charge in [0, 0.05) is 18.8 Å². The molecule has 0 atom stereocenters. The highest BCUT2D eigenvalue weighted by Crippen LogP contribution is 2.35. The Hall–Kier alpha value is -1.01. The first-order chi connectivity index (χ1) is 7.62. The number of alkyl halides is 2. The SMILES string of the molecule is OCC(F)(F)CNCc1cncn1C1CC1. The summed E-state index contributed by atoms with van der Waals surface area (Å²) in [6.45, 7) is -1.28. The normalized spacial score (nSPS) is 16.7. The van der Waals surface area contributed by atoms with Crippen molar-refractivity contribution in [2.24, 2.45) is 0 Å². The average molecular weight is 231 g/mol. The molecule has 2 rings (SSSR count). The van der Waals surface area contributed by atoms with E-state index >= 15 is 0 Å². The molecule has 1 saturated carbocycles. The van der Waals surface area contributed by atoms with Crippen LogP contribution in [0.25, 0.3) is 0 Å². The Morgan fingerprint density at radius 3 is 2.94 bits per heavy atom. The van der Waals surface area contributed by atoms with Crippen molar-refractivity contribution in [3.05, 3.63) is 18.2 Å². The summed E-state index contributed by atoms with van der Waals surface area (Å²) < 4.78 is 27.5. The van der Waals surface area contributed by atoms with Crippen LogP contribution in [0.3, 0.4) is 0 Å². The number of hydrogen-bond acceptors (Lipinski definition) is 3. The van der Waals surface area contributed by atoms with Gasteiger partial charge >= 0.3 is 0 Å². The van der Waals surface area contributed by atoms with Crippen LogP contribution in [0, 0.1) is 0 Å². The van der Waals surface area contributed by atoms with Crippen molar-refractivity contribution in [1.29, 1.82) is 0 Å². The van der Waals surface area contributed by atoms with E-state index in [1.807, 2.05) is 4.57 Å². The predicted octanol–water partition coefficient (Wildman–Crippen LogP) is 0.935. The largest absolute Gasteiger partial charge is 0.390 e. The maximum absolute atomic E-state index is 12.7. The highest BCUT2D eigenvalue weighted by Gasteiger charge is 2.28. The maximum Gasteiger partial charge on any atom is 0.282 e. The molecule has 0 radical (unpaired) electrons. The van der Waals surface area contributed by atoms with Gasteiger partial charge < -0.3 is 15.0 Å². The second-order valence-electron chi connectivity index (χ2n) is 4.14.